The first-order valence-electron chi connectivity index (χ1n) is 1.32. The van der Waals surface area contributed by atoms with Crippen molar-refractivity contribution < 1.29 is 21.5 Å². The number of hydrogen-bond donors (Lipinski definition) is 0. The second-order valence-electron chi connectivity index (χ2n) is 0.492. The molecule has 0 heterocycles. The van der Waals surface area contributed by atoms with Gasteiger partial charge in [-0.1, -0.05) is 0 Å². The van der Waals surface area contributed by atoms with Crippen LogP contribution < -0.4 is 5.11 Å². The summed E-state index contributed by atoms with van der Waals surface area (Å²) in [6, 6.07) is 0. The molecule has 0 fully saturated rings. The molecule has 0 bridgehead atoms. The highest BCUT2D eigenvalue weighted by atomic mass is 35.5. The van der Waals surface area contributed by atoms with Crippen molar-refractivity contribution in [3.05, 3.63) is 0 Å². The van der Waals surface area contributed by atoms with Crippen LogP contribution >= 0.6 is 0 Å². The zero-order valence-corrected chi connectivity index (χ0v) is 4.54. The Balaban J connectivity index is 0. The minimum absolute atomic E-state index is 0.972. The Bertz CT molecular complexity index is 31.8. The molecule has 0 radical (unpaired) electrons. The van der Waals surface area contributed by atoms with Gasteiger partial charge in [-0.05, 0) is 6.92 Å². The summed E-state index contributed by atoms with van der Waals surface area (Å²) in [7, 11) is 0. The molecule has 0 aromatic carbocycles. The number of carbonyl (C=O) groups is 1. The Labute approximate surface area is 41.7 Å². The highest BCUT2D eigenvalue weighted by molar-refractivity contribution is 5.60. The lowest BCUT2D eigenvalue weighted by atomic mass is 10.9. The van der Waals surface area contributed by atoms with Crippen LogP contribution in [-0.4, -0.2) is 12.4 Å². The number of carbonyl (C=O) groups excluding carboxylic acids is 1. The Morgan fingerprint density at radius 2 is 1.67 bits per heavy atom. The first kappa shape index (κ1) is 9.23. The normalized spacial score (nSPS) is 5.17. The number of rotatable bonds is 0. The average molecular weight is 111 g/mol. The van der Waals surface area contributed by atoms with Crippen molar-refractivity contribution in [3.63, 3.8) is 0 Å². The lowest BCUT2D eigenvalue weighted by Crippen LogP contribution is -2.16. The third-order valence-electron chi connectivity index (χ3n) is 0. The molecule has 0 saturated carbocycles. The van der Waals surface area contributed by atoms with Crippen LogP contribution in [0.25, 0.3) is 0 Å². The second-order valence-corrected chi connectivity index (χ2v) is 0.492. The van der Waals surface area contributed by atoms with Gasteiger partial charge in [0.05, 0.1) is 0 Å². The van der Waals surface area contributed by atoms with E-state index in [9.17, 15) is 0 Å². The molecule has 2 nitrogen and oxygen atoms in total. The van der Waals surface area contributed by atoms with Crippen molar-refractivity contribution in [1.29, 1.82) is 0 Å². The van der Waals surface area contributed by atoms with E-state index in [2.05, 4.69) is 11.6 Å². The molecule has 0 aromatic heterocycles. The molecule has 0 rings (SSSR count). The molecule has 0 amide bonds. The fraction of sp³-hybridized carbons (Fsp3) is 0.667. The quantitative estimate of drug-likeness (QED) is 0.362. The van der Waals surface area contributed by atoms with Gasteiger partial charge in [0.2, 0.25) is 0 Å². The lowest BCUT2D eigenvalue weighted by Gasteiger charge is -1.77. The van der Waals surface area contributed by atoms with E-state index < -0.39 is 5.97 Å². The molecular formula is C3H7ClO2. The molecule has 0 aliphatic carbocycles. The Morgan fingerprint density at radius 1 is 1.67 bits per heavy atom. The van der Waals surface area contributed by atoms with Gasteiger partial charge in [0, 0.05) is 5.97 Å². The van der Waals surface area contributed by atoms with E-state index in [0.717, 1.165) is 6.92 Å². The van der Waals surface area contributed by atoms with Crippen LogP contribution in [0.3, 0.4) is 0 Å². The highest BCUT2D eigenvalue weighted by Gasteiger charge is 1.46. The average Bonchev–Trinajstić information content (AvgIpc) is 1.41. The number of alkyl halides is 1. The van der Waals surface area contributed by atoms with Crippen LogP contribution in [0.4, 0.5) is 0 Å². The van der Waals surface area contributed by atoms with Crippen molar-refractivity contribution in [3.8, 4) is 0 Å². The van der Waals surface area contributed by atoms with Crippen LogP contribution in [-0.2, 0) is 4.79 Å². The maximum atomic E-state index is 8.89. The molecule has 0 unspecified atom stereocenters. The Morgan fingerprint density at radius 3 is 1.67 bits per heavy atom. The summed E-state index contributed by atoms with van der Waals surface area (Å²) in [6.07, 6.45) is 1.58. The highest BCUT2D eigenvalue weighted by Crippen LogP contribution is 1.31. The predicted molar refractivity (Wildman–Crippen MR) is 18.0 cm³/mol. The van der Waals surface area contributed by atoms with Crippen LogP contribution in [0.15, 0.2) is 0 Å². The zero-order chi connectivity index (χ0) is 5.58. The zero-order valence-electron chi connectivity index (χ0n) is 3.72. The van der Waals surface area contributed by atoms with Crippen LogP contribution in [0, 0.1) is 11.6 Å². The van der Waals surface area contributed by atoms with Gasteiger partial charge >= 0.3 is 0 Å². The molecule has 0 spiro atoms. The summed E-state index contributed by atoms with van der Waals surface area (Å²) >= 11 is 4.08. The standard InChI is InChI=1S/C2H4O2.CH4Cl/c1-2(3)4;1-2/h1H3,(H,3,4);2H,1H3/q;+1/p-1. The van der Waals surface area contributed by atoms with E-state index >= 15 is 0 Å². The summed E-state index contributed by atoms with van der Waals surface area (Å²) in [5, 5.41) is 8.89. The fourth-order valence-corrected chi connectivity index (χ4v) is 0. The summed E-state index contributed by atoms with van der Waals surface area (Å²) in [4.78, 5) is 8.89. The van der Waals surface area contributed by atoms with E-state index in [4.69, 9.17) is 9.90 Å². The third-order valence-corrected chi connectivity index (χ3v) is 0. The summed E-state index contributed by atoms with van der Waals surface area (Å²) in [5.41, 5.74) is 0. The van der Waals surface area contributed by atoms with E-state index in [-0.39, 0.29) is 0 Å². The predicted octanol–water partition coefficient (Wildman–Crippen LogP) is -1.35. The summed E-state index contributed by atoms with van der Waals surface area (Å²) < 4.78 is 0. The number of carboxylic acids is 1. The monoisotopic (exact) mass is 110 g/mol. The topological polar surface area (TPSA) is 40.1 Å². The molecule has 0 aliphatic rings. The SMILES string of the molecule is CC(=O)[O-].C[ClH+]. The van der Waals surface area contributed by atoms with Crippen LogP contribution in [0.5, 0.6) is 0 Å². The Kier molecular flexibility index (Phi) is 13.6. The second kappa shape index (κ2) is 8.83. The Hall–Kier alpha value is -0.240. The number of halogens is 1. The minimum Gasteiger partial charge on any atom is -0.550 e. The molecule has 0 aromatic rings. The van der Waals surface area contributed by atoms with E-state index in [0.29, 0.717) is 0 Å². The molecule has 0 saturated heterocycles. The fourth-order valence-electron chi connectivity index (χ4n) is 0. The van der Waals surface area contributed by atoms with Gasteiger partial charge in [-0.25, -0.2) is 0 Å². The third kappa shape index (κ3) is 497. The van der Waals surface area contributed by atoms with Crippen molar-refractivity contribution in [2.45, 2.75) is 6.92 Å². The smallest absolute Gasteiger partial charge is 0.160 e. The van der Waals surface area contributed by atoms with Gasteiger partial charge < -0.3 is 9.90 Å². The van der Waals surface area contributed by atoms with E-state index in [1.807, 2.05) is 0 Å². The molecule has 6 heavy (non-hydrogen) atoms. The van der Waals surface area contributed by atoms with Gasteiger partial charge in [-0.3, -0.25) is 0 Å². The van der Waals surface area contributed by atoms with E-state index in [1.54, 1.807) is 6.38 Å². The maximum Gasteiger partial charge on any atom is 0.160 e. The number of hydrogen-bond acceptors (Lipinski definition) is 2. The lowest BCUT2D eigenvalue weighted by molar-refractivity contribution is -0.325. The molecule has 0 N–H and O–H groups in total. The molecular weight excluding hydrogens is 103 g/mol. The van der Waals surface area contributed by atoms with Crippen LogP contribution in [0.1, 0.15) is 6.92 Å². The molecule has 0 atom stereocenters. The van der Waals surface area contributed by atoms with Gasteiger partial charge in [-0.2, -0.15) is 0 Å². The van der Waals surface area contributed by atoms with Crippen molar-refractivity contribution in [2.24, 2.45) is 0 Å². The summed E-state index contributed by atoms with van der Waals surface area (Å²) in [6.45, 7) is 0.972. The molecule has 0 aliphatic heterocycles. The van der Waals surface area contributed by atoms with Gasteiger partial charge in [0.1, 0.15) is 11.6 Å². The first-order chi connectivity index (χ1) is 2.73. The van der Waals surface area contributed by atoms with Gasteiger partial charge in [0.15, 0.2) is 6.38 Å². The van der Waals surface area contributed by atoms with Crippen LogP contribution in [0.2, 0.25) is 0 Å². The summed E-state index contributed by atoms with van der Waals surface area (Å²) in [5.74, 6) is -1.08. The minimum atomic E-state index is -1.08. The number of carboxylic acid groups (broad SMARTS) is 1. The first-order valence-corrected chi connectivity index (χ1v) is 2.13. The largest absolute Gasteiger partial charge is 0.550 e. The number of aliphatic carboxylic acids is 1. The van der Waals surface area contributed by atoms with Crippen molar-refractivity contribution >= 4 is 5.97 Å². The molecule has 3 heteroatoms. The van der Waals surface area contributed by atoms with Crippen molar-refractivity contribution in [2.75, 3.05) is 6.38 Å². The van der Waals surface area contributed by atoms with Gasteiger partial charge in [-0.15, -0.1) is 0 Å². The van der Waals surface area contributed by atoms with E-state index in [1.165, 1.54) is 0 Å². The van der Waals surface area contributed by atoms with Gasteiger partial charge in [0.25, 0.3) is 0 Å². The van der Waals surface area contributed by atoms with Crippen molar-refractivity contribution in [1.82, 2.24) is 0 Å². The maximum absolute atomic E-state index is 8.89. The molecule has 38 valence electrons.